The normalized spacial score (nSPS) is 16.2. The van der Waals surface area contributed by atoms with E-state index in [1.54, 1.807) is 19.1 Å². The van der Waals surface area contributed by atoms with E-state index in [9.17, 15) is 23.2 Å². The molecule has 4 amide bonds. The van der Waals surface area contributed by atoms with E-state index in [-0.39, 0.29) is 24.6 Å². The fourth-order valence-corrected chi connectivity index (χ4v) is 3.04. The third-order valence-corrected chi connectivity index (χ3v) is 4.48. The van der Waals surface area contributed by atoms with Gasteiger partial charge in [0.2, 0.25) is 5.91 Å². The largest absolute Gasteiger partial charge is 0.339 e. The molecule has 0 spiro atoms. The smallest absolute Gasteiger partial charge is 0.329 e. The predicted molar refractivity (Wildman–Crippen MR) is 98.3 cm³/mol. The number of benzene rings is 2. The van der Waals surface area contributed by atoms with E-state index in [4.69, 9.17) is 0 Å². The van der Waals surface area contributed by atoms with Crippen molar-refractivity contribution in [1.29, 1.82) is 0 Å². The number of anilines is 1. The minimum absolute atomic E-state index is 0.198. The zero-order chi connectivity index (χ0) is 20.3. The first kappa shape index (κ1) is 19.5. The molecule has 146 valence electrons. The van der Waals surface area contributed by atoms with Gasteiger partial charge >= 0.3 is 6.03 Å². The minimum Gasteiger partial charge on any atom is -0.339 e. The van der Waals surface area contributed by atoms with E-state index in [1.165, 1.54) is 29.2 Å². The minimum atomic E-state index is -1.01. The quantitative estimate of drug-likeness (QED) is 0.775. The van der Waals surface area contributed by atoms with Crippen molar-refractivity contribution in [1.82, 2.24) is 10.2 Å². The van der Waals surface area contributed by atoms with Gasteiger partial charge in [-0.25, -0.2) is 18.5 Å². The second-order valence-electron chi connectivity index (χ2n) is 6.39. The molecule has 8 heteroatoms. The van der Waals surface area contributed by atoms with Crippen molar-refractivity contribution in [2.24, 2.45) is 0 Å². The molecule has 0 saturated carbocycles. The maximum absolute atomic E-state index is 13.3. The Hall–Kier alpha value is -3.29. The van der Waals surface area contributed by atoms with Crippen LogP contribution in [0.25, 0.3) is 0 Å². The molecule has 1 aliphatic rings. The van der Waals surface area contributed by atoms with E-state index < -0.39 is 29.6 Å². The monoisotopic (exact) mass is 387 g/mol. The Morgan fingerprint density at radius 3 is 2.46 bits per heavy atom. The van der Waals surface area contributed by atoms with Crippen LogP contribution in [0.4, 0.5) is 19.3 Å². The van der Waals surface area contributed by atoms with E-state index in [0.29, 0.717) is 12.1 Å². The van der Waals surface area contributed by atoms with Gasteiger partial charge in [0.1, 0.15) is 17.7 Å². The molecule has 2 aromatic rings. The lowest BCUT2D eigenvalue weighted by Gasteiger charge is -2.22. The van der Waals surface area contributed by atoms with Crippen LogP contribution in [0.2, 0.25) is 0 Å². The molecule has 3 rings (SSSR count). The van der Waals surface area contributed by atoms with Gasteiger partial charge in [0.25, 0.3) is 5.91 Å². The molecule has 0 aliphatic carbocycles. The fraction of sp³-hybridized carbons (Fsp3) is 0.250. The van der Waals surface area contributed by atoms with Crippen molar-refractivity contribution in [2.45, 2.75) is 25.9 Å². The van der Waals surface area contributed by atoms with Gasteiger partial charge in [-0.2, -0.15) is 0 Å². The number of hydrogen-bond donors (Lipinski definition) is 1. The molecule has 1 fully saturated rings. The van der Waals surface area contributed by atoms with Crippen molar-refractivity contribution in [3.05, 3.63) is 65.7 Å². The predicted octanol–water partition coefficient (Wildman–Crippen LogP) is 2.83. The molecule has 1 atom stereocenters. The van der Waals surface area contributed by atoms with Crippen LogP contribution in [0.5, 0.6) is 0 Å². The number of nitrogens with zero attached hydrogens (tertiary/aromatic N) is 2. The van der Waals surface area contributed by atoms with Gasteiger partial charge in [0, 0.05) is 13.1 Å². The standard InChI is InChI=1S/C20H19F2N3O3/c1-2-24(12-13-4-3-5-15(22)10-13)18(26)11-17-19(27)25(20(28)23-17)16-8-6-14(21)7-9-16/h3-10,17H,2,11-12H2,1H3,(H,23,28)/t17-/m1/s1. The molecule has 0 radical (unpaired) electrons. The van der Waals surface area contributed by atoms with E-state index in [0.717, 1.165) is 17.0 Å². The maximum Gasteiger partial charge on any atom is 0.329 e. The Morgan fingerprint density at radius 2 is 1.82 bits per heavy atom. The molecule has 6 nitrogen and oxygen atoms in total. The summed E-state index contributed by atoms with van der Waals surface area (Å²) in [6, 6.07) is 9.18. The van der Waals surface area contributed by atoms with Crippen LogP contribution in [0.15, 0.2) is 48.5 Å². The van der Waals surface area contributed by atoms with Crippen LogP contribution in [0.1, 0.15) is 18.9 Å². The fourth-order valence-electron chi connectivity index (χ4n) is 3.04. The topological polar surface area (TPSA) is 69.7 Å². The molecule has 0 unspecified atom stereocenters. The van der Waals surface area contributed by atoms with Gasteiger partial charge in [-0.1, -0.05) is 12.1 Å². The van der Waals surface area contributed by atoms with Crippen LogP contribution >= 0.6 is 0 Å². The summed E-state index contributed by atoms with van der Waals surface area (Å²) >= 11 is 0. The molecule has 1 N–H and O–H groups in total. The van der Waals surface area contributed by atoms with Crippen molar-refractivity contribution >= 4 is 23.5 Å². The average Bonchev–Trinajstić information content (AvgIpc) is 2.94. The lowest BCUT2D eigenvalue weighted by atomic mass is 10.1. The molecule has 28 heavy (non-hydrogen) atoms. The summed E-state index contributed by atoms with van der Waals surface area (Å²) in [5, 5.41) is 2.49. The van der Waals surface area contributed by atoms with E-state index >= 15 is 0 Å². The molecule has 1 aliphatic heterocycles. The summed E-state index contributed by atoms with van der Waals surface area (Å²) in [6.45, 7) is 2.34. The van der Waals surface area contributed by atoms with Crippen molar-refractivity contribution in [3.8, 4) is 0 Å². The molecule has 2 aromatic carbocycles. The average molecular weight is 387 g/mol. The Bertz CT molecular complexity index is 902. The number of hydrogen-bond acceptors (Lipinski definition) is 3. The third kappa shape index (κ3) is 4.16. The third-order valence-electron chi connectivity index (χ3n) is 4.48. The highest BCUT2D eigenvalue weighted by Gasteiger charge is 2.40. The van der Waals surface area contributed by atoms with Gasteiger partial charge in [-0.05, 0) is 48.9 Å². The van der Waals surface area contributed by atoms with Crippen molar-refractivity contribution in [3.63, 3.8) is 0 Å². The first-order chi connectivity index (χ1) is 13.4. The summed E-state index contributed by atoms with van der Waals surface area (Å²) < 4.78 is 26.4. The van der Waals surface area contributed by atoms with E-state index in [1.807, 2.05) is 0 Å². The van der Waals surface area contributed by atoms with Gasteiger partial charge in [0.15, 0.2) is 0 Å². The summed E-state index contributed by atoms with van der Waals surface area (Å²) in [5.74, 6) is -1.80. The number of carbonyl (C=O) groups is 3. The lowest BCUT2D eigenvalue weighted by Crippen LogP contribution is -2.38. The second-order valence-corrected chi connectivity index (χ2v) is 6.39. The van der Waals surface area contributed by atoms with Gasteiger partial charge in [-0.15, -0.1) is 0 Å². The number of rotatable bonds is 6. The molecule has 0 aromatic heterocycles. The number of nitrogens with one attached hydrogen (secondary N) is 1. The number of carbonyl (C=O) groups excluding carboxylic acids is 3. The number of halogens is 2. The maximum atomic E-state index is 13.3. The Labute approximate surface area is 160 Å². The number of imide groups is 1. The first-order valence-electron chi connectivity index (χ1n) is 8.81. The number of urea groups is 1. The Morgan fingerprint density at radius 1 is 1.11 bits per heavy atom. The number of amides is 4. The summed E-state index contributed by atoms with van der Waals surface area (Å²) in [5.41, 5.74) is 0.857. The zero-order valence-electron chi connectivity index (χ0n) is 15.2. The Kier molecular flexibility index (Phi) is 5.67. The molecular formula is C20H19F2N3O3. The zero-order valence-corrected chi connectivity index (χ0v) is 15.2. The SMILES string of the molecule is CCN(Cc1cccc(F)c1)C(=O)C[C@H]1NC(=O)N(c2ccc(F)cc2)C1=O. The molecule has 1 saturated heterocycles. The van der Waals surface area contributed by atoms with Crippen LogP contribution in [0.3, 0.4) is 0 Å². The van der Waals surface area contributed by atoms with E-state index in [2.05, 4.69) is 5.32 Å². The Balaban J connectivity index is 1.68. The molecular weight excluding hydrogens is 368 g/mol. The summed E-state index contributed by atoms with van der Waals surface area (Å²) in [6.07, 6.45) is -0.217. The van der Waals surface area contributed by atoms with Gasteiger partial charge < -0.3 is 10.2 Å². The summed E-state index contributed by atoms with van der Waals surface area (Å²) in [7, 11) is 0. The summed E-state index contributed by atoms with van der Waals surface area (Å²) in [4.78, 5) is 39.7. The van der Waals surface area contributed by atoms with Gasteiger partial charge in [-0.3, -0.25) is 9.59 Å². The van der Waals surface area contributed by atoms with Gasteiger partial charge in [0.05, 0.1) is 12.1 Å². The highest BCUT2D eigenvalue weighted by atomic mass is 19.1. The van der Waals surface area contributed by atoms with Crippen molar-refractivity contribution < 1.29 is 23.2 Å². The van der Waals surface area contributed by atoms with Crippen LogP contribution in [0, 0.1) is 11.6 Å². The van der Waals surface area contributed by atoms with Crippen LogP contribution in [-0.2, 0) is 16.1 Å². The second kappa shape index (κ2) is 8.16. The highest BCUT2D eigenvalue weighted by Crippen LogP contribution is 2.21. The van der Waals surface area contributed by atoms with Crippen molar-refractivity contribution in [2.75, 3.05) is 11.4 Å². The first-order valence-corrected chi connectivity index (χ1v) is 8.81. The van der Waals surface area contributed by atoms with Crippen LogP contribution < -0.4 is 10.2 Å². The lowest BCUT2D eigenvalue weighted by molar-refractivity contribution is -0.134. The highest BCUT2D eigenvalue weighted by molar-refractivity contribution is 6.22. The molecule has 0 bridgehead atoms. The molecule has 1 heterocycles. The van der Waals surface area contributed by atoms with Crippen LogP contribution in [-0.4, -0.2) is 35.3 Å².